The highest BCUT2D eigenvalue weighted by Gasteiger charge is 2.42. The molecule has 0 spiro atoms. The zero-order chi connectivity index (χ0) is 17.9. The SMILES string of the molecule is Cc1ccccc1C(O[SiH3])C(Cl)(c1ccccc1)c1ccccc1C. The van der Waals surface area contributed by atoms with Crippen molar-refractivity contribution < 1.29 is 4.43 Å². The molecule has 2 unspecified atom stereocenters. The van der Waals surface area contributed by atoms with Crippen LogP contribution in [0.4, 0.5) is 0 Å². The van der Waals surface area contributed by atoms with Gasteiger partial charge in [-0.3, -0.25) is 0 Å². The molecule has 0 aromatic heterocycles. The van der Waals surface area contributed by atoms with Crippen molar-refractivity contribution in [2.24, 2.45) is 0 Å². The molecule has 0 N–H and O–H groups in total. The maximum absolute atomic E-state index is 7.47. The van der Waals surface area contributed by atoms with E-state index in [1.54, 1.807) is 0 Å². The van der Waals surface area contributed by atoms with Crippen LogP contribution in [-0.4, -0.2) is 10.5 Å². The number of hydrogen-bond acceptors (Lipinski definition) is 1. The monoisotopic (exact) mass is 366 g/mol. The lowest BCUT2D eigenvalue weighted by molar-refractivity contribution is 0.185. The summed E-state index contributed by atoms with van der Waals surface area (Å²) in [7, 11) is 0.601. The van der Waals surface area contributed by atoms with E-state index in [9.17, 15) is 0 Å². The normalized spacial score (nSPS) is 14.8. The van der Waals surface area contributed by atoms with Gasteiger partial charge in [0.15, 0.2) is 0 Å². The molecular weight excluding hydrogens is 344 g/mol. The third kappa shape index (κ3) is 3.30. The van der Waals surface area contributed by atoms with Crippen LogP contribution in [-0.2, 0) is 9.30 Å². The predicted octanol–water partition coefficient (Wildman–Crippen LogP) is 4.82. The molecule has 2 atom stereocenters. The minimum Gasteiger partial charge on any atom is -0.419 e. The summed E-state index contributed by atoms with van der Waals surface area (Å²) in [6, 6.07) is 26.9. The zero-order valence-corrected chi connectivity index (χ0v) is 17.6. The predicted molar refractivity (Wildman–Crippen MR) is 109 cm³/mol. The fraction of sp³-hybridized carbons (Fsp3) is 0.182. The van der Waals surface area contributed by atoms with Gasteiger partial charge in [0, 0.05) is 0 Å². The van der Waals surface area contributed by atoms with Crippen LogP contribution in [0.25, 0.3) is 0 Å². The second-order valence-electron chi connectivity index (χ2n) is 6.37. The molecule has 0 heterocycles. The number of alkyl halides is 1. The third-order valence-corrected chi connectivity index (χ3v) is 5.89. The van der Waals surface area contributed by atoms with Crippen LogP contribution >= 0.6 is 11.6 Å². The molecule has 0 aliphatic rings. The fourth-order valence-electron chi connectivity index (χ4n) is 3.49. The largest absolute Gasteiger partial charge is 0.419 e. The molecule has 3 aromatic carbocycles. The Kier molecular flexibility index (Phi) is 5.43. The first-order valence-electron chi connectivity index (χ1n) is 8.48. The first kappa shape index (κ1) is 17.9. The maximum atomic E-state index is 7.47. The minimum absolute atomic E-state index is 0.245. The van der Waals surface area contributed by atoms with Gasteiger partial charge in [-0.25, -0.2) is 0 Å². The van der Waals surface area contributed by atoms with Gasteiger partial charge in [0.1, 0.15) is 15.4 Å². The van der Waals surface area contributed by atoms with Crippen molar-refractivity contribution in [3.05, 3.63) is 107 Å². The Morgan fingerprint density at radius 2 is 1.36 bits per heavy atom. The lowest BCUT2D eigenvalue weighted by Crippen LogP contribution is -2.32. The van der Waals surface area contributed by atoms with Gasteiger partial charge < -0.3 is 4.43 Å². The Morgan fingerprint density at radius 3 is 1.96 bits per heavy atom. The Morgan fingerprint density at radius 1 is 0.800 bits per heavy atom. The summed E-state index contributed by atoms with van der Waals surface area (Å²) in [4.78, 5) is -0.777. The standard InChI is InChI=1S/C22H23ClOSi/c1-16-10-6-8-14-19(16)21(24-25)22(23,18-12-4-3-5-13-18)20-15-9-7-11-17(20)2/h3-15,21H,1-2,25H3. The van der Waals surface area contributed by atoms with Crippen LogP contribution in [0.5, 0.6) is 0 Å². The van der Waals surface area contributed by atoms with Gasteiger partial charge >= 0.3 is 0 Å². The Labute approximate surface area is 158 Å². The molecule has 1 nitrogen and oxygen atoms in total. The van der Waals surface area contributed by atoms with Crippen LogP contribution < -0.4 is 0 Å². The summed E-state index contributed by atoms with van der Waals surface area (Å²) < 4.78 is 6.15. The van der Waals surface area contributed by atoms with Gasteiger partial charge in [-0.15, -0.1) is 11.6 Å². The highest BCUT2D eigenvalue weighted by atomic mass is 35.5. The van der Waals surface area contributed by atoms with Crippen molar-refractivity contribution in [2.45, 2.75) is 24.8 Å². The molecule has 0 bridgehead atoms. The molecule has 0 amide bonds. The van der Waals surface area contributed by atoms with E-state index in [4.69, 9.17) is 16.0 Å². The smallest absolute Gasteiger partial charge is 0.147 e. The average Bonchev–Trinajstić information content (AvgIpc) is 2.65. The van der Waals surface area contributed by atoms with E-state index in [-0.39, 0.29) is 6.10 Å². The summed E-state index contributed by atoms with van der Waals surface area (Å²) in [6.45, 7) is 4.22. The summed E-state index contributed by atoms with van der Waals surface area (Å²) in [6.07, 6.45) is -0.245. The molecule has 0 saturated carbocycles. The highest BCUT2D eigenvalue weighted by molar-refractivity contribution is 6.27. The second kappa shape index (κ2) is 7.57. The van der Waals surface area contributed by atoms with Gasteiger partial charge in [-0.05, 0) is 41.7 Å². The molecule has 3 heteroatoms. The van der Waals surface area contributed by atoms with Gasteiger partial charge in [-0.2, -0.15) is 0 Å². The maximum Gasteiger partial charge on any atom is 0.147 e. The van der Waals surface area contributed by atoms with Crippen molar-refractivity contribution in [3.63, 3.8) is 0 Å². The van der Waals surface area contributed by atoms with Crippen LogP contribution in [0.1, 0.15) is 33.9 Å². The highest BCUT2D eigenvalue weighted by Crippen LogP contribution is 2.49. The molecule has 0 radical (unpaired) electrons. The Hall–Kier alpha value is -1.87. The van der Waals surface area contributed by atoms with Crippen molar-refractivity contribution in [1.29, 1.82) is 0 Å². The molecule has 3 rings (SSSR count). The van der Waals surface area contributed by atoms with Crippen molar-refractivity contribution >= 4 is 22.1 Å². The second-order valence-corrected chi connectivity index (χ2v) is 7.43. The third-order valence-electron chi connectivity index (χ3n) is 4.80. The van der Waals surface area contributed by atoms with Crippen molar-refractivity contribution in [1.82, 2.24) is 0 Å². The van der Waals surface area contributed by atoms with E-state index < -0.39 is 4.87 Å². The molecule has 0 saturated heterocycles. The zero-order valence-electron chi connectivity index (χ0n) is 14.9. The minimum atomic E-state index is -0.777. The fourth-order valence-corrected chi connectivity index (χ4v) is 4.80. The molecule has 3 aromatic rings. The number of halogens is 1. The summed E-state index contributed by atoms with van der Waals surface area (Å²) in [5, 5.41) is 0. The van der Waals surface area contributed by atoms with E-state index in [0.29, 0.717) is 10.5 Å². The van der Waals surface area contributed by atoms with E-state index in [0.717, 1.165) is 16.7 Å². The van der Waals surface area contributed by atoms with Gasteiger partial charge in [0.25, 0.3) is 0 Å². The van der Waals surface area contributed by atoms with E-state index in [2.05, 4.69) is 62.4 Å². The lowest BCUT2D eigenvalue weighted by Gasteiger charge is -2.38. The van der Waals surface area contributed by atoms with Gasteiger partial charge in [-0.1, -0.05) is 78.9 Å². The lowest BCUT2D eigenvalue weighted by atomic mass is 9.80. The summed E-state index contributed by atoms with van der Waals surface area (Å²) in [5.41, 5.74) is 5.64. The summed E-state index contributed by atoms with van der Waals surface area (Å²) >= 11 is 7.47. The number of rotatable bonds is 5. The number of hydrogen-bond donors (Lipinski definition) is 0. The molecular formula is C22H23ClOSi. The van der Waals surface area contributed by atoms with Crippen LogP contribution in [0.3, 0.4) is 0 Å². The molecule has 0 fully saturated rings. The van der Waals surface area contributed by atoms with E-state index >= 15 is 0 Å². The first-order chi connectivity index (χ1) is 12.1. The number of aryl methyl sites for hydroxylation is 2. The van der Waals surface area contributed by atoms with Crippen molar-refractivity contribution in [2.75, 3.05) is 0 Å². The quantitative estimate of drug-likeness (QED) is 0.464. The van der Waals surface area contributed by atoms with E-state index in [1.807, 2.05) is 30.3 Å². The van der Waals surface area contributed by atoms with Gasteiger partial charge in [0.05, 0.1) is 6.10 Å². The molecule has 128 valence electrons. The van der Waals surface area contributed by atoms with E-state index in [1.165, 1.54) is 11.1 Å². The van der Waals surface area contributed by atoms with Gasteiger partial charge in [0.2, 0.25) is 0 Å². The van der Waals surface area contributed by atoms with Crippen LogP contribution in [0.15, 0.2) is 78.9 Å². The summed E-state index contributed by atoms with van der Waals surface area (Å²) in [5.74, 6) is 0. The Bertz CT molecular complexity index is 849. The average molecular weight is 367 g/mol. The van der Waals surface area contributed by atoms with Crippen LogP contribution in [0.2, 0.25) is 0 Å². The first-order valence-corrected chi connectivity index (χ1v) is 9.67. The molecule has 0 aliphatic carbocycles. The molecule has 25 heavy (non-hydrogen) atoms. The van der Waals surface area contributed by atoms with Crippen molar-refractivity contribution in [3.8, 4) is 0 Å². The topological polar surface area (TPSA) is 9.23 Å². The molecule has 0 aliphatic heterocycles. The number of benzene rings is 3. The van der Waals surface area contributed by atoms with Crippen LogP contribution in [0, 0.1) is 13.8 Å². The Balaban J connectivity index is 2.28.